The molecule has 0 radical (unpaired) electrons. The van der Waals surface area contributed by atoms with E-state index in [9.17, 15) is 18.0 Å². The van der Waals surface area contributed by atoms with E-state index >= 15 is 0 Å². The van der Waals surface area contributed by atoms with Crippen molar-refractivity contribution in [2.45, 2.75) is 13.3 Å². The van der Waals surface area contributed by atoms with Gasteiger partial charge in [0.25, 0.3) is 0 Å². The third kappa shape index (κ3) is 4.19. The molecule has 0 saturated carbocycles. The van der Waals surface area contributed by atoms with Gasteiger partial charge in [-0.1, -0.05) is 11.6 Å². The van der Waals surface area contributed by atoms with Crippen LogP contribution in [0.5, 0.6) is 0 Å². The number of rotatable bonds is 4. The number of nitrogens with two attached hydrogens (primary N) is 1. The minimum atomic E-state index is -3.64. The molecule has 2 amide bonds. The molecule has 1 fully saturated rings. The fourth-order valence-corrected chi connectivity index (χ4v) is 3.55. The maximum Gasteiger partial charge on any atom is 0.227 e. The van der Waals surface area contributed by atoms with Gasteiger partial charge in [-0.05, 0) is 18.2 Å². The molecule has 2 rings (SSSR count). The van der Waals surface area contributed by atoms with Crippen LogP contribution in [0.4, 0.5) is 11.4 Å². The predicted molar refractivity (Wildman–Crippen MR) is 84.2 cm³/mol. The molecule has 0 aromatic heterocycles. The van der Waals surface area contributed by atoms with E-state index < -0.39 is 10.0 Å². The fourth-order valence-electron chi connectivity index (χ4n) is 2.46. The predicted octanol–water partition coefficient (Wildman–Crippen LogP) is 0.940. The number of nitrogens with one attached hydrogen (secondary N) is 1. The van der Waals surface area contributed by atoms with Crippen LogP contribution in [0.25, 0.3) is 0 Å². The largest absolute Gasteiger partial charge is 0.326 e. The van der Waals surface area contributed by atoms with E-state index in [0.29, 0.717) is 16.4 Å². The summed E-state index contributed by atoms with van der Waals surface area (Å²) in [6.07, 6.45) is 0.0944. The van der Waals surface area contributed by atoms with Crippen LogP contribution in [-0.2, 0) is 19.6 Å². The van der Waals surface area contributed by atoms with E-state index in [1.807, 2.05) is 0 Å². The Balaban J connectivity index is 2.24. The highest BCUT2D eigenvalue weighted by Gasteiger charge is 2.33. The monoisotopic (exact) mass is 345 g/mol. The minimum absolute atomic E-state index is 0.0944. The Morgan fingerprint density at radius 2 is 2.18 bits per heavy atom. The van der Waals surface area contributed by atoms with Gasteiger partial charge >= 0.3 is 0 Å². The van der Waals surface area contributed by atoms with E-state index in [-0.39, 0.29) is 36.5 Å². The van der Waals surface area contributed by atoms with Gasteiger partial charge in [0.05, 0.1) is 16.5 Å². The molecule has 0 bridgehead atoms. The number of hydrogen-bond acceptors (Lipinski definition) is 4. The highest BCUT2D eigenvalue weighted by Crippen LogP contribution is 2.33. The first kappa shape index (κ1) is 16.7. The normalized spacial score (nSPS) is 18.6. The van der Waals surface area contributed by atoms with E-state index in [1.54, 1.807) is 18.2 Å². The van der Waals surface area contributed by atoms with Crippen LogP contribution < -0.4 is 15.4 Å². The second-order valence-corrected chi connectivity index (χ2v) is 7.32. The van der Waals surface area contributed by atoms with Crippen LogP contribution >= 0.6 is 11.6 Å². The molecule has 9 heteroatoms. The number of nitrogens with zero attached hydrogens (tertiary/aromatic N) is 1. The van der Waals surface area contributed by atoms with Gasteiger partial charge in [0.2, 0.25) is 21.8 Å². The lowest BCUT2D eigenvalue weighted by molar-refractivity contribution is -0.117. The lowest BCUT2D eigenvalue weighted by Gasteiger charge is -2.19. The first-order valence-corrected chi connectivity index (χ1v) is 8.63. The zero-order chi connectivity index (χ0) is 16.5. The number of carbonyl (C=O) groups excluding carboxylic acids is 2. The van der Waals surface area contributed by atoms with Gasteiger partial charge in [-0.25, -0.2) is 13.6 Å². The molecule has 3 N–H and O–H groups in total. The van der Waals surface area contributed by atoms with Gasteiger partial charge in [-0.2, -0.15) is 0 Å². The van der Waals surface area contributed by atoms with Crippen molar-refractivity contribution in [1.82, 2.24) is 0 Å². The number of carbonyl (C=O) groups is 2. The van der Waals surface area contributed by atoms with Gasteiger partial charge in [-0.3, -0.25) is 9.59 Å². The van der Waals surface area contributed by atoms with Crippen LogP contribution in [-0.4, -0.2) is 32.5 Å². The van der Waals surface area contributed by atoms with E-state index in [0.717, 1.165) is 0 Å². The summed E-state index contributed by atoms with van der Waals surface area (Å²) in [5.41, 5.74) is 0.949. The Morgan fingerprint density at radius 3 is 2.77 bits per heavy atom. The number of sulfonamides is 1. The second kappa shape index (κ2) is 6.23. The smallest absolute Gasteiger partial charge is 0.227 e. The zero-order valence-electron chi connectivity index (χ0n) is 11.9. The van der Waals surface area contributed by atoms with Gasteiger partial charge in [0.1, 0.15) is 0 Å². The Morgan fingerprint density at radius 1 is 1.50 bits per heavy atom. The number of primary sulfonamides is 1. The molecule has 0 aliphatic carbocycles. The molecule has 22 heavy (non-hydrogen) atoms. The topological polar surface area (TPSA) is 110 Å². The molecule has 1 heterocycles. The lowest BCUT2D eigenvalue weighted by Crippen LogP contribution is -2.27. The van der Waals surface area contributed by atoms with Crippen molar-refractivity contribution in [2.24, 2.45) is 11.1 Å². The highest BCUT2D eigenvalue weighted by atomic mass is 35.5. The van der Waals surface area contributed by atoms with Crippen molar-refractivity contribution in [3.63, 3.8) is 0 Å². The number of amides is 2. The Labute approximate surface area is 133 Å². The maximum atomic E-state index is 12.1. The highest BCUT2D eigenvalue weighted by molar-refractivity contribution is 7.89. The molecule has 1 aromatic carbocycles. The minimum Gasteiger partial charge on any atom is -0.326 e. The van der Waals surface area contributed by atoms with E-state index in [4.69, 9.17) is 16.7 Å². The maximum absolute atomic E-state index is 12.1. The molecule has 1 aliphatic heterocycles. The fraction of sp³-hybridized carbons (Fsp3) is 0.385. The molecular formula is C13H16ClN3O4S. The van der Waals surface area contributed by atoms with Gasteiger partial charge in [0, 0.05) is 31.5 Å². The molecule has 1 atom stereocenters. The van der Waals surface area contributed by atoms with Crippen molar-refractivity contribution in [2.75, 3.05) is 22.5 Å². The summed E-state index contributed by atoms with van der Waals surface area (Å²) in [6, 6.07) is 4.78. The van der Waals surface area contributed by atoms with Crippen LogP contribution in [0.15, 0.2) is 18.2 Å². The SMILES string of the molecule is CC(=O)Nc1ccc(Cl)c(N2CC(CS(N)(=O)=O)CC2=O)c1. The average Bonchev–Trinajstić information content (AvgIpc) is 2.69. The standard InChI is InChI=1S/C13H16ClN3O4S/c1-8(18)16-10-2-3-11(14)12(5-10)17-6-9(4-13(17)19)7-22(15,20)21/h2-3,5,9H,4,6-7H2,1H3,(H,16,18)(H2,15,20,21). The lowest BCUT2D eigenvalue weighted by atomic mass is 10.1. The summed E-state index contributed by atoms with van der Waals surface area (Å²) in [6.45, 7) is 1.59. The van der Waals surface area contributed by atoms with Crippen molar-refractivity contribution in [1.29, 1.82) is 0 Å². The number of hydrogen-bond donors (Lipinski definition) is 2. The number of anilines is 2. The number of benzene rings is 1. The van der Waals surface area contributed by atoms with Gasteiger partial charge in [-0.15, -0.1) is 0 Å². The van der Waals surface area contributed by atoms with Crippen LogP contribution in [0, 0.1) is 5.92 Å². The Hall–Kier alpha value is -1.64. The summed E-state index contributed by atoms with van der Waals surface area (Å²) in [4.78, 5) is 24.6. The third-order valence-corrected chi connectivity index (χ3v) is 4.49. The third-order valence-electron chi connectivity index (χ3n) is 3.23. The summed E-state index contributed by atoms with van der Waals surface area (Å²) >= 11 is 6.11. The van der Waals surface area contributed by atoms with Gasteiger partial charge in [0.15, 0.2) is 0 Å². The molecule has 1 aliphatic rings. The van der Waals surface area contributed by atoms with Crippen LogP contribution in [0.1, 0.15) is 13.3 Å². The van der Waals surface area contributed by atoms with Crippen LogP contribution in [0.2, 0.25) is 5.02 Å². The first-order valence-electron chi connectivity index (χ1n) is 6.53. The van der Waals surface area contributed by atoms with Gasteiger partial charge < -0.3 is 10.2 Å². The zero-order valence-corrected chi connectivity index (χ0v) is 13.4. The van der Waals surface area contributed by atoms with Crippen molar-refractivity contribution >= 4 is 44.8 Å². The first-order chi connectivity index (χ1) is 10.2. The average molecular weight is 346 g/mol. The molecule has 1 unspecified atom stereocenters. The quantitative estimate of drug-likeness (QED) is 0.846. The van der Waals surface area contributed by atoms with E-state index in [2.05, 4.69) is 5.32 Å². The molecule has 1 aromatic rings. The summed E-state index contributed by atoms with van der Waals surface area (Å²) in [5.74, 6) is -1.09. The Bertz CT molecular complexity index is 720. The summed E-state index contributed by atoms with van der Waals surface area (Å²) < 4.78 is 22.3. The van der Waals surface area contributed by atoms with Crippen molar-refractivity contribution < 1.29 is 18.0 Å². The number of halogens is 1. The molecule has 120 valence electrons. The van der Waals surface area contributed by atoms with E-state index in [1.165, 1.54) is 11.8 Å². The molecule has 1 saturated heterocycles. The molecular weight excluding hydrogens is 330 g/mol. The Kier molecular flexibility index (Phi) is 4.74. The van der Waals surface area contributed by atoms with Crippen molar-refractivity contribution in [3.05, 3.63) is 23.2 Å². The van der Waals surface area contributed by atoms with Crippen molar-refractivity contribution in [3.8, 4) is 0 Å². The molecule has 0 spiro atoms. The second-order valence-electron chi connectivity index (χ2n) is 5.25. The van der Waals surface area contributed by atoms with Crippen LogP contribution in [0.3, 0.4) is 0 Å². The summed E-state index contributed by atoms with van der Waals surface area (Å²) in [5, 5.41) is 7.98. The molecule has 7 nitrogen and oxygen atoms in total. The summed E-state index contributed by atoms with van der Waals surface area (Å²) in [7, 11) is -3.64.